The van der Waals surface area contributed by atoms with Crippen molar-refractivity contribution in [2.24, 2.45) is 5.92 Å². The first kappa shape index (κ1) is 22.6. The molecule has 1 saturated heterocycles. The second kappa shape index (κ2) is 8.56. The average Bonchev–Trinajstić information content (AvgIpc) is 2.93. The maximum Gasteiger partial charge on any atom is 0.405 e. The van der Waals surface area contributed by atoms with Crippen molar-refractivity contribution >= 4 is 29.4 Å². The third-order valence-electron chi connectivity index (χ3n) is 5.68. The molecule has 1 saturated carbocycles. The van der Waals surface area contributed by atoms with E-state index < -0.39 is 48.6 Å². The highest BCUT2D eigenvalue weighted by Gasteiger charge is 2.55. The van der Waals surface area contributed by atoms with Crippen LogP contribution < -0.4 is 16.0 Å². The standard InChI is InChI=1S/C20H23F3N4O4/c1-12-4-2-3-9-19(12)17(30)27(18(31)26-19)10-15(28)25-14-7-5-13(6-8-14)16(29)24-11-20(21,22)23/h5-8,12H,2-4,9-11H2,1H3,(H,24,29)(H,25,28)(H,26,31). The van der Waals surface area contributed by atoms with Gasteiger partial charge in [0.15, 0.2) is 0 Å². The van der Waals surface area contributed by atoms with Crippen molar-refractivity contribution in [3.63, 3.8) is 0 Å². The van der Waals surface area contributed by atoms with Crippen LogP contribution in [0.1, 0.15) is 43.0 Å². The third kappa shape index (κ3) is 4.97. The summed E-state index contributed by atoms with van der Waals surface area (Å²) in [5.74, 6) is -1.95. The van der Waals surface area contributed by atoms with Gasteiger partial charge >= 0.3 is 12.2 Å². The van der Waals surface area contributed by atoms with E-state index in [0.29, 0.717) is 6.42 Å². The number of hydrogen-bond donors (Lipinski definition) is 3. The highest BCUT2D eigenvalue weighted by atomic mass is 19.4. The number of nitrogens with zero attached hydrogens (tertiary/aromatic N) is 1. The fraction of sp³-hybridized carbons (Fsp3) is 0.500. The van der Waals surface area contributed by atoms with Crippen LogP contribution in [0.2, 0.25) is 0 Å². The lowest BCUT2D eigenvalue weighted by molar-refractivity contribution is -0.136. The molecule has 1 aliphatic heterocycles. The molecule has 168 valence electrons. The normalized spacial score (nSPS) is 23.6. The van der Waals surface area contributed by atoms with E-state index >= 15 is 0 Å². The van der Waals surface area contributed by atoms with E-state index in [1.54, 1.807) is 5.32 Å². The summed E-state index contributed by atoms with van der Waals surface area (Å²) in [6.07, 6.45) is -1.36. The number of carbonyl (C=O) groups excluding carboxylic acids is 4. The lowest BCUT2D eigenvalue weighted by atomic mass is 9.73. The molecule has 1 spiro atoms. The van der Waals surface area contributed by atoms with E-state index in [1.807, 2.05) is 6.92 Å². The molecule has 1 heterocycles. The summed E-state index contributed by atoms with van der Waals surface area (Å²) in [4.78, 5) is 50.2. The van der Waals surface area contributed by atoms with Crippen LogP contribution in [0.3, 0.4) is 0 Å². The molecule has 31 heavy (non-hydrogen) atoms. The van der Waals surface area contributed by atoms with Gasteiger partial charge in [-0.05, 0) is 43.0 Å². The van der Waals surface area contributed by atoms with Crippen LogP contribution in [0.25, 0.3) is 0 Å². The summed E-state index contributed by atoms with van der Waals surface area (Å²) >= 11 is 0. The van der Waals surface area contributed by atoms with Gasteiger partial charge in [-0.25, -0.2) is 4.79 Å². The molecule has 1 aromatic carbocycles. The smallest absolute Gasteiger partial charge is 0.343 e. The van der Waals surface area contributed by atoms with Crippen LogP contribution in [-0.2, 0) is 9.59 Å². The maximum absolute atomic E-state index is 12.9. The molecule has 1 aliphatic carbocycles. The molecule has 0 bridgehead atoms. The first-order chi connectivity index (χ1) is 14.5. The minimum absolute atomic E-state index is 0.00965. The lowest BCUT2D eigenvalue weighted by Crippen LogP contribution is -2.54. The highest BCUT2D eigenvalue weighted by Crippen LogP contribution is 2.38. The predicted molar refractivity (Wildman–Crippen MR) is 104 cm³/mol. The first-order valence-electron chi connectivity index (χ1n) is 9.91. The molecule has 0 aromatic heterocycles. The number of amides is 5. The zero-order valence-electron chi connectivity index (χ0n) is 16.8. The topological polar surface area (TPSA) is 108 Å². The largest absolute Gasteiger partial charge is 0.405 e. The summed E-state index contributed by atoms with van der Waals surface area (Å²) in [6.45, 7) is -0.00333. The highest BCUT2D eigenvalue weighted by molar-refractivity contribution is 6.10. The number of anilines is 1. The predicted octanol–water partition coefficient (Wildman–Crippen LogP) is 2.42. The van der Waals surface area contributed by atoms with E-state index in [2.05, 4.69) is 10.6 Å². The van der Waals surface area contributed by atoms with Gasteiger partial charge in [0.25, 0.3) is 11.8 Å². The van der Waals surface area contributed by atoms with Crippen LogP contribution in [0, 0.1) is 5.92 Å². The van der Waals surface area contributed by atoms with Crippen molar-refractivity contribution in [2.75, 3.05) is 18.4 Å². The minimum Gasteiger partial charge on any atom is -0.343 e. The fourth-order valence-electron chi connectivity index (χ4n) is 3.97. The van der Waals surface area contributed by atoms with Gasteiger partial charge in [0.2, 0.25) is 5.91 Å². The SMILES string of the molecule is CC1CCCCC12NC(=O)N(CC(=O)Nc1ccc(C(=O)NCC(F)(F)F)cc1)C2=O. The molecule has 1 aromatic rings. The quantitative estimate of drug-likeness (QED) is 0.611. The number of alkyl halides is 3. The van der Waals surface area contributed by atoms with Gasteiger partial charge < -0.3 is 16.0 Å². The first-order valence-corrected chi connectivity index (χ1v) is 9.91. The Morgan fingerprint density at radius 1 is 1.19 bits per heavy atom. The summed E-state index contributed by atoms with van der Waals surface area (Å²) in [5.41, 5.74) is -0.698. The Bertz CT molecular complexity index is 887. The van der Waals surface area contributed by atoms with Gasteiger partial charge in [0.05, 0.1) is 0 Å². The molecule has 11 heteroatoms. The van der Waals surface area contributed by atoms with Crippen LogP contribution in [0.5, 0.6) is 0 Å². The zero-order chi connectivity index (χ0) is 22.8. The minimum atomic E-state index is -4.52. The molecule has 5 amide bonds. The number of benzene rings is 1. The van der Waals surface area contributed by atoms with Gasteiger partial charge in [-0.15, -0.1) is 0 Å². The van der Waals surface area contributed by atoms with Crippen molar-refractivity contribution in [2.45, 2.75) is 44.3 Å². The Labute approximate surface area is 176 Å². The van der Waals surface area contributed by atoms with Crippen molar-refractivity contribution < 1.29 is 32.3 Å². The molecule has 2 atom stereocenters. The molecule has 2 fully saturated rings. The van der Waals surface area contributed by atoms with Gasteiger partial charge in [-0.1, -0.05) is 19.8 Å². The van der Waals surface area contributed by atoms with Crippen LogP contribution in [0.15, 0.2) is 24.3 Å². The molecule has 3 rings (SSSR count). The Balaban J connectivity index is 1.58. The van der Waals surface area contributed by atoms with E-state index in [0.717, 1.165) is 24.2 Å². The van der Waals surface area contributed by atoms with Crippen LogP contribution in [-0.4, -0.2) is 53.5 Å². The van der Waals surface area contributed by atoms with E-state index in [4.69, 9.17) is 0 Å². The molecule has 0 radical (unpaired) electrons. The van der Waals surface area contributed by atoms with E-state index in [9.17, 15) is 32.3 Å². The third-order valence-corrected chi connectivity index (χ3v) is 5.68. The van der Waals surface area contributed by atoms with Crippen molar-refractivity contribution in [3.8, 4) is 0 Å². The number of rotatable bonds is 5. The second-order valence-electron chi connectivity index (χ2n) is 7.86. The van der Waals surface area contributed by atoms with Crippen LogP contribution in [0.4, 0.5) is 23.7 Å². The number of nitrogens with one attached hydrogen (secondary N) is 3. The Morgan fingerprint density at radius 2 is 1.87 bits per heavy atom. The van der Waals surface area contributed by atoms with E-state index in [-0.39, 0.29) is 17.2 Å². The average molecular weight is 440 g/mol. The number of halogens is 3. The van der Waals surface area contributed by atoms with Gasteiger partial charge in [-0.2, -0.15) is 13.2 Å². The molecular formula is C20H23F3N4O4. The molecule has 8 nitrogen and oxygen atoms in total. The Kier molecular flexibility index (Phi) is 6.23. The van der Waals surface area contributed by atoms with Crippen LogP contribution >= 0.6 is 0 Å². The molecule has 3 N–H and O–H groups in total. The fourth-order valence-corrected chi connectivity index (χ4v) is 3.97. The van der Waals surface area contributed by atoms with Gasteiger partial charge in [0.1, 0.15) is 18.6 Å². The van der Waals surface area contributed by atoms with Gasteiger partial charge in [0, 0.05) is 11.3 Å². The monoisotopic (exact) mass is 440 g/mol. The van der Waals surface area contributed by atoms with Crippen molar-refractivity contribution in [1.29, 1.82) is 0 Å². The summed E-state index contributed by atoms with van der Waals surface area (Å²) in [6, 6.07) is 4.60. The summed E-state index contributed by atoms with van der Waals surface area (Å²) < 4.78 is 36.5. The number of imide groups is 1. The number of urea groups is 1. The zero-order valence-corrected chi connectivity index (χ0v) is 16.8. The number of carbonyl (C=O) groups is 4. The van der Waals surface area contributed by atoms with Gasteiger partial charge in [-0.3, -0.25) is 19.3 Å². The molecule has 2 unspecified atom stereocenters. The molecule has 2 aliphatic rings. The summed E-state index contributed by atoms with van der Waals surface area (Å²) in [7, 11) is 0. The lowest BCUT2D eigenvalue weighted by Gasteiger charge is -2.36. The second-order valence-corrected chi connectivity index (χ2v) is 7.86. The number of hydrogen-bond acceptors (Lipinski definition) is 4. The maximum atomic E-state index is 12.9. The Hall–Kier alpha value is -3.11. The summed E-state index contributed by atoms with van der Waals surface area (Å²) in [5, 5.41) is 7.02. The molecular weight excluding hydrogens is 417 g/mol. The van der Waals surface area contributed by atoms with E-state index in [1.165, 1.54) is 24.3 Å². The van der Waals surface area contributed by atoms with Crippen molar-refractivity contribution in [1.82, 2.24) is 15.5 Å². The van der Waals surface area contributed by atoms with Crippen molar-refractivity contribution in [3.05, 3.63) is 29.8 Å². The Morgan fingerprint density at radius 3 is 2.48 bits per heavy atom.